The molecule has 0 spiro atoms. The summed E-state index contributed by atoms with van der Waals surface area (Å²) in [7, 11) is -2.04. The van der Waals surface area contributed by atoms with Crippen LogP contribution in [-0.4, -0.2) is 49.7 Å². The number of piperidine rings is 1. The minimum absolute atomic E-state index is 0.0635. The van der Waals surface area contributed by atoms with E-state index in [4.69, 9.17) is 10.2 Å². The van der Waals surface area contributed by atoms with Crippen molar-refractivity contribution >= 4 is 25.8 Å². The minimum atomic E-state index is -2.04. The highest BCUT2D eigenvalue weighted by molar-refractivity contribution is 6.74. The smallest absolute Gasteiger partial charge is 0.405 e. The van der Waals surface area contributed by atoms with Gasteiger partial charge in [-0.05, 0) is 43.0 Å². The molecule has 0 bridgehead atoms. The van der Waals surface area contributed by atoms with Crippen LogP contribution in [0.1, 0.15) is 45.4 Å². The summed E-state index contributed by atoms with van der Waals surface area (Å²) in [5.74, 6) is 0.166. The number of amides is 1. The molecule has 1 amide bonds. The molecule has 7 nitrogen and oxygen atoms in total. The van der Waals surface area contributed by atoms with Crippen molar-refractivity contribution in [1.29, 1.82) is 0 Å². The molecule has 8 heteroatoms. The first-order valence-electron chi connectivity index (χ1n) is 10.6. The van der Waals surface area contributed by atoms with E-state index in [0.29, 0.717) is 12.2 Å². The zero-order valence-electron chi connectivity index (χ0n) is 18.6. The summed E-state index contributed by atoms with van der Waals surface area (Å²) >= 11 is 0. The van der Waals surface area contributed by atoms with Gasteiger partial charge in [0.25, 0.3) is 0 Å². The number of nitrogen functional groups attached to an aromatic ring is 1. The topological polar surface area (TPSA) is 101 Å². The first-order chi connectivity index (χ1) is 13.4. The number of nitrogens with two attached hydrogens (primary N) is 1. The van der Waals surface area contributed by atoms with Gasteiger partial charge in [-0.15, -0.1) is 0 Å². The lowest BCUT2D eigenvalue weighted by atomic mass is 9.91. The Labute approximate surface area is 175 Å². The molecule has 29 heavy (non-hydrogen) atoms. The summed E-state index contributed by atoms with van der Waals surface area (Å²) in [6.45, 7) is 14.6. The number of rotatable bonds is 4. The number of pyridine rings is 1. The minimum Gasteiger partial charge on any atom is -0.465 e. The molecule has 3 atom stereocenters. The van der Waals surface area contributed by atoms with Gasteiger partial charge in [0.05, 0.1) is 29.7 Å². The number of aromatic nitrogens is 1. The standard InChI is InChI=1S/C21H36N4O3Si/c1-13-11-25(18-14-8-7-9-16(14)23-10-15(18)22)12-17(24-20(26)27)19(13)28-29(5,6)21(2,3)4/h10,13,17,19,24H,7-9,11-12,22H2,1-6H3,(H,26,27)/t13-,17+,19+/m0/s1. The Balaban J connectivity index is 1.90. The molecule has 0 radical (unpaired) electrons. The molecule has 162 valence electrons. The van der Waals surface area contributed by atoms with Crippen molar-refractivity contribution in [3.05, 3.63) is 17.5 Å². The Hall–Kier alpha value is -1.80. The maximum atomic E-state index is 11.6. The normalized spacial score (nSPS) is 25.0. The Bertz CT molecular complexity index is 778. The van der Waals surface area contributed by atoms with Crippen LogP contribution in [0.2, 0.25) is 18.1 Å². The second-order valence-corrected chi connectivity index (χ2v) is 14.9. The van der Waals surface area contributed by atoms with E-state index in [1.54, 1.807) is 6.20 Å². The fourth-order valence-electron chi connectivity index (χ4n) is 4.33. The summed E-state index contributed by atoms with van der Waals surface area (Å²) in [6, 6.07) is -0.310. The number of carboxylic acid groups (broad SMARTS) is 1. The van der Waals surface area contributed by atoms with Crippen molar-refractivity contribution < 1.29 is 14.3 Å². The van der Waals surface area contributed by atoms with Gasteiger partial charge in [-0.2, -0.15) is 0 Å². The molecule has 1 saturated heterocycles. The monoisotopic (exact) mass is 420 g/mol. The van der Waals surface area contributed by atoms with Crippen LogP contribution in [0.3, 0.4) is 0 Å². The van der Waals surface area contributed by atoms with Crippen molar-refractivity contribution in [2.45, 2.75) is 77.2 Å². The van der Waals surface area contributed by atoms with Gasteiger partial charge in [0.1, 0.15) is 0 Å². The number of fused-ring (bicyclic) bond motifs is 1. The summed E-state index contributed by atoms with van der Waals surface area (Å²) in [5, 5.41) is 12.3. The van der Waals surface area contributed by atoms with Crippen molar-refractivity contribution in [1.82, 2.24) is 10.3 Å². The Morgan fingerprint density at radius 3 is 2.66 bits per heavy atom. The lowest BCUT2D eigenvalue weighted by Gasteiger charge is -2.48. The third kappa shape index (κ3) is 4.38. The highest BCUT2D eigenvalue weighted by Gasteiger charge is 2.45. The van der Waals surface area contributed by atoms with Gasteiger partial charge in [-0.1, -0.05) is 27.7 Å². The van der Waals surface area contributed by atoms with E-state index in [1.165, 1.54) is 5.56 Å². The lowest BCUT2D eigenvalue weighted by molar-refractivity contribution is 0.0721. The highest BCUT2D eigenvalue weighted by atomic mass is 28.4. The van der Waals surface area contributed by atoms with Crippen LogP contribution in [-0.2, 0) is 17.3 Å². The van der Waals surface area contributed by atoms with Crippen LogP contribution in [0.15, 0.2) is 6.20 Å². The predicted molar refractivity (Wildman–Crippen MR) is 119 cm³/mol. The van der Waals surface area contributed by atoms with Crippen LogP contribution in [0, 0.1) is 5.92 Å². The van der Waals surface area contributed by atoms with Gasteiger partial charge < -0.3 is 25.5 Å². The second-order valence-electron chi connectivity index (χ2n) is 10.1. The molecular formula is C21H36N4O3Si. The van der Waals surface area contributed by atoms with Crippen LogP contribution in [0.5, 0.6) is 0 Å². The molecular weight excluding hydrogens is 384 g/mol. The SMILES string of the molecule is C[C@H]1CN(c2c(N)cnc3c2CCC3)C[C@@H](NC(=O)O)[C@@H]1O[Si](C)(C)C(C)(C)C. The largest absolute Gasteiger partial charge is 0.465 e. The fraction of sp³-hybridized carbons (Fsp3) is 0.714. The lowest BCUT2D eigenvalue weighted by Crippen LogP contribution is -2.62. The number of nitrogens with one attached hydrogen (secondary N) is 1. The molecule has 4 N–H and O–H groups in total. The van der Waals surface area contributed by atoms with Gasteiger partial charge in [0.2, 0.25) is 0 Å². The van der Waals surface area contributed by atoms with E-state index >= 15 is 0 Å². The van der Waals surface area contributed by atoms with E-state index in [2.05, 4.69) is 56.0 Å². The summed E-state index contributed by atoms with van der Waals surface area (Å²) < 4.78 is 6.72. The quantitative estimate of drug-likeness (QED) is 0.643. The maximum absolute atomic E-state index is 11.6. The van der Waals surface area contributed by atoms with Crippen LogP contribution < -0.4 is 16.0 Å². The van der Waals surface area contributed by atoms with Crippen molar-refractivity contribution in [3.8, 4) is 0 Å². The number of carbonyl (C=O) groups is 1. The molecule has 0 unspecified atom stereocenters. The average molecular weight is 421 g/mol. The Kier molecular flexibility index (Phi) is 5.88. The molecule has 2 heterocycles. The van der Waals surface area contributed by atoms with E-state index < -0.39 is 14.4 Å². The molecule has 0 saturated carbocycles. The Morgan fingerprint density at radius 1 is 1.34 bits per heavy atom. The van der Waals surface area contributed by atoms with Crippen LogP contribution in [0.4, 0.5) is 16.2 Å². The summed E-state index contributed by atoms with van der Waals surface area (Å²) in [4.78, 5) is 18.3. The Morgan fingerprint density at radius 2 is 2.03 bits per heavy atom. The fourth-order valence-corrected chi connectivity index (χ4v) is 5.76. The molecule has 0 aromatic carbocycles. The van der Waals surface area contributed by atoms with Gasteiger partial charge in [-0.3, -0.25) is 4.98 Å². The van der Waals surface area contributed by atoms with E-state index in [0.717, 1.165) is 37.2 Å². The molecule has 3 rings (SSSR count). The maximum Gasteiger partial charge on any atom is 0.405 e. The van der Waals surface area contributed by atoms with Gasteiger partial charge in [0, 0.05) is 24.7 Å². The first kappa shape index (κ1) is 21.9. The van der Waals surface area contributed by atoms with Crippen LogP contribution in [0.25, 0.3) is 0 Å². The zero-order chi connectivity index (χ0) is 21.6. The third-order valence-corrected chi connectivity index (χ3v) is 11.3. The zero-order valence-corrected chi connectivity index (χ0v) is 19.6. The van der Waals surface area contributed by atoms with Gasteiger partial charge in [-0.25, -0.2) is 4.79 Å². The van der Waals surface area contributed by atoms with E-state index in [1.807, 2.05) is 0 Å². The van der Waals surface area contributed by atoms with Gasteiger partial charge in [0.15, 0.2) is 8.32 Å². The number of anilines is 2. The number of aryl methyl sites for hydroxylation is 1. The molecule has 1 aromatic heterocycles. The highest BCUT2D eigenvalue weighted by Crippen LogP contribution is 2.41. The molecule has 2 aliphatic rings. The van der Waals surface area contributed by atoms with E-state index in [9.17, 15) is 9.90 Å². The predicted octanol–water partition coefficient (Wildman–Crippen LogP) is 3.64. The molecule has 1 fully saturated rings. The van der Waals surface area contributed by atoms with E-state index in [-0.39, 0.29) is 23.1 Å². The number of hydrogen-bond acceptors (Lipinski definition) is 5. The van der Waals surface area contributed by atoms with Crippen molar-refractivity contribution in [2.75, 3.05) is 23.7 Å². The van der Waals surface area contributed by atoms with Crippen molar-refractivity contribution in [2.24, 2.45) is 5.92 Å². The molecule has 1 aliphatic carbocycles. The number of nitrogens with zero attached hydrogens (tertiary/aromatic N) is 2. The second kappa shape index (κ2) is 7.79. The average Bonchev–Trinajstić information content (AvgIpc) is 3.04. The van der Waals surface area contributed by atoms with Crippen LogP contribution >= 0.6 is 0 Å². The van der Waals surface area contributed by atoms with Gasteiger partial charge >= 0.3 is 6.09 Å². The number of hydrogen-bond donors (Lipinski definition) is 3. The molecule has 1 aliphatic heterocycles. The third-order valence-electron chi connectivity index (χ3n) is 6.85. The first-order valence-corrected chi connectivity index (χ1v) is 13.5. The summed E-state index contributed by atoms with van der Waals surface area (Å²) in [5.41, 5.74) is 10.4. The van der Waals surface area contributed by atoms with Crippen molar-refractivity contribution in [3.63, 3.8) is 0 Å². The summed E-state index contributed by atoms with van der Waals surface area (Å²) in [6.07, 6.45) is 3.65. The molecule has 1 aromatic rings.